The maximum absolute atomic E-state index is 12.7. The predicted octanol–water partition coefficient (Wildman–Crippen LogP) is 1.86. The van der Waals surface area contributed by atoms with Gasteiger partial charge in [0.15, 0.2) is 5.78 Å². The zero-order valence-corrected chi connectivity index (χ0v) is 13.6. The predicted molar refractivity (Wildman–Crippen MR) is 86.5 cm³/mol. The van der Waals surface area contributed by atoms with Crippen molar-refractivity contribution in [1.82, 2.24) is 14.8 Å². The first kappa shape index (κ1) is 15.9. The number of ketones is 1. The van der Waals surface area contributed by atoms with Gasteiger partial charge in [-0.15, -0.1) is 0 Å². The molecule has 0 unspecified atom stereocenters. The molecule has 0 radical (unpaired) electrons. The van der Waals surface area contributed by atoms with Crippen molar-refractivity contribution in [1.29, 1.82) is 0 Å². The molecule has 1 aliphatic heterocycles. The topological polar surface area (TPSA) is 90.6 Å². The first-order chi connectivity index (χ1) is 11.3. The van der Waals surface area contributed by atoms with E-state index in [1.807, 2.05) is 18.2 Å². The average molecular weight is 327 g/mol. The first-order valence-electron chi connectivity index (χ1n) is 7.62. The second kappa shape index (κ2) is 5.59. The Balaban J connectivity index is 1.92. The molecule has 1 aliphatic rings. The van der Waals surface area contributed by atoms with Crippen LogP contribution in [0.25, 0.3) is 10.9 Å². The summed E-state index contributed by atoms with van der Waals surface area (Å²) in [6, 6.07) is 6.11. The van der Waals surface area contributed by atoms with Gasteiger partial charge in [-0.25, -0.2) is 9.69 Å². The molecule has 124 valence electrons. The molecule has 2 aromatic rings. The van der Waals surface area contributed by atoms with Gasteiger partial charge >= 0.3 is 17.8 Å². The van der Waals surface area contributed by atoms with E-state index in [0.717, 1.165) is 15.8 Å². The number of amides is 4. The number of Topliss-reactive ketones (excluding diaryl/α,β-unsaturated/α-hetero) is 1. The van der Waals surface area contributed by atoms with Gasteiger partial charge in [-0.05, 0) is 26.8 Å². The van der Waals surface area contributed by atoms with Crippen LogP contribution in [0, 0.1) is 6.92 Å². The summed E-state index contributed by atoms with van der Waals surface area (Å²) in [5, 5.41) is 0.728. The maximum atomic E-state index is 12.7. The SMILES string of the molecule is Cc1[nH]c2ccccc2c1C(=O)CN1C(=O)C(=O)N(C(C)C)C1=O. The number of aromatic nitrogens is 1. The fraction of sp³-hybridized carbons (Fsp3) is 0.294. The van der Waals surface area contributed by atoms with Gasteiger partial charge in [-0.1, -0.05) is 18.2 Å². The van der Waals surface area contributed by atoms with E-state index >= 15 is 0 Å². The van der Waals surface area contributed by atoms with Gasteiger partial charge in [0, 0.05) is 28.2 Å². The summed E-state index contributed by atoms with van der Waals surface area (Å²) in [6.07, 6.45) is 0. The largest absolute Gasteiger partial charge is 0.358 e. The minimum Gasteiger partial charge on any atom is -0.358 e. The molecule has 3 rings (SSSR count). The normalized spacial score (nSPS) is 15.2. The van der Waals surface area contributed by atoms with Crippen LogP contribution in [0.15, 0.2) is 24.3 Å². The van der Waals surface area contributed by atoms with Gasteiger partial charge in [0.2, 0.25) is 0 Å². The van der Waals surface area contributed by atoms with Crippen molar-refractivity contribution in [3.63, 3.8) is 0 Å². The number of H-pyrrole nitrogens is 1. The Morgan fingerprint density at radius 2 is 1.79 bits per heavy atom. The Morgan fingerprint density at radius 3 is 2.42 bits per heavy atom. The summed E-state index contributed by atoms with van der Waals surface area (Å²) in [5.74, 6) is -2.23. The zero-order valence-electron chi connectivity index (χ0n) is 13.6. The Hall–Kier alpha value is -2.96. The minimum atomic E-state index is -0.959. The van der Waals surface area contributed by atoms with E-state index in [4.69, 9.17) is 0 Å². The van der Waals surface area contributed by atoms with E-state index in [0.29, 0.717) is 16.2 Å². The maximum Gasteiger partial charge on any atom is 0.334 e. The van der Waals surface area contributed by atoms with Crippen molar-refractivity contribution in [2.24, 2.45) is 0 Å². The molecule has 0 bridgehead atoms. The van der Waals surface area contributed by atoms with Crippen LogP contribution in [-0.2, 0) is 9.59 Å². The molecule has 7 heteroatoms. The van der Waals surface area contributed by atoms with Gasteiger partial charge in [-0.3, -0.25) is 19.3 Å². The molecule has 1 fully saturated rings. The highest BCUT2D eigenvalue weighted by atomic mass is 16.2. The molecule has 24 heavy (non-hydrogen) atoms. The van der Waals surface area contributed by atoms with Crippen LogP contribution in [0.5, 0.6) is 0 Å². The van der Waals surface area contributed by atoms with E-state index in [9.17, 15) is 19.2 Å². The standard InChI is InChI=1S/C17H17N3O4/c1-9(2)20-16(23)15(22)19(17(20)24)8-13(21)14-10(3)18-12-7-5-4-6-11(12)14/h4-7,9,18H,8H2,1-3H3. The molecule has 1 aromatic carbocycles. The number of para-hydroxylation sites is 1. The van der Waals surface area contributed by atoms with Gasteiger partial charge in [-0.2, -0.15) is 0 Å². The van der Waals surface area contributed by atoms with E-state index in [1.165, 1.54) is 0 Å². The number of carbonyl (C=O) groups excluding carboxylic acids is 4. The minimum absolute atomic E-state index is 0.384. The molecule has 0 spiro atoms. The second-order valence-electron chi connectivity index (χ2n) is 6.04. The number of carbonyl (C=O) groups is 4. The van der Waals surface area contributed by atoms with E-state index in [2.05, 4.69) is 4.98 Å². The number of aromatic amines is 1. The molecule has 1 aromatic heterocycles. The molecule has 0 aliphatic carbocycles. The Morgan fingerprint density at radius 1 is 1.12 bits per heavy atom. The summed E-state index contributed by atoms with van der Waals surface area (Å²) in [7, 11) is 0. The van der Waals surface area contributed by atoms with E-state index in [1.54, 1.807) is 26.8 Å². The summed E-state index contributed by atoms with van der Waals surface area (Å²) < 4.78 is 0. The van der Waals surface area contributed by atoms with Crippen LogP contribution in [0.3, 0.4) is 0 Å². The van der Waals surface area contributed by atoms with Crippen LogP contribution >= 0.6 is 0 Å². The highest BCUT2D eigenvalue weighted by molar-refractivity contribution is 6.45. The number of aryl methyl sites for hydroxylation is 1. The van der Waals surface area contributed by atoms with Crippen molar-refractivity contribution in [3.05, 3.63) is 35.5 Å². The van der Waals surface area contributed by atoms with Crippen LogP contribution < -0.4 is 0 Å². The van der Waals surface area contributed by atoms with Gasteiger partial charge < -0.3 is 4.98 Å². The molecule has 0 saturated carbocycles. The number of imide groups is 2. The molecule has 0 atom stereocenters. The highest BCUT2D eigenvalue weighted by Gasteiger charge is 2.46. The smallest absolute Gasteiger partial charge is 0.334 e. The molecule has 1 saturated heterocycles. The Kier molecular flexibility index (Phi) is 3.71. The molecular formula is C17H17N3O4. The summed E-state index contributed by atoms with van der Waals surface area (Å²) in [4.78, 5) is 53.6. The fourth-order valence-electron chi connectivity index (χ4n) is 2.98. The van der Waals surface area contributed by atoms with Crippen LogP contribution in [0.4, 0.5) is 4.79 Å². The zero-order chi connectivity index (χ0) is 17.6. The third-order valence-corrected chi connectivity index (χ3v) is 4.07. The van der Waals surface area contributed by atoms with E-state index < -0.39 is 30.4 Å². The number of rotatable bonds is 4. The molecule has 2 heterocycles. The lowest BCUT2D eigenvalue weighted by Crippen LogP contribution is -2.39. The summed E-state index contributed by atoms with van der Waals surface area (Å²) in [5.41, 5.74) is 1.89. The number of nitrogens with zero attached hydrogens (tertiary/aromatic N) is 2. The summed E-state index contributed by atoms with van der Waals surface area (Å²) in [6.45, 7) is 4.58. The van der Waals surface area contributed by atoms with Gasteiger partial charge in [0.25, 0.3) is 0 Å². The lowest BCUT2D eigenvalue weighted by atomic mass is 10.1. The number of benzene rings is 1. The molecule has 1 N–H and O–H groups in total. The molecule has 7 nitrogen and oxygen atoms in total. The highest BCUT2D eigenvalue weighted by Crippen LogP contribution is 2.23. The average Bonchev–Trinajstić information content (AvgIpc) is 2.96. The van der Waals surface area contributed by atoms with Gasteiger partial charge in [0.05, 0.1) is 6.54 Å². The fourth-order valence-corrected chi connectivity index (χ4v) is 2.98. The van der Waals surface area contributed by atoms with Crippen molar-refractivity contribution in [2.45, 2.75) is 26.8 Å². The summed E-state index contributed by atoms with van der Waals surface area (Å²) >= 11 is 0. The number of fused-ring (bicyclic) bond motifs is 1. The van der Waals surface area contributed by atoms with Gasteiger partial charge in [0.1, 0.15) is 0 Å². The molecular weight excluding hydrogens is 310 g/mol. The van der Waals surface area contributed by atoms with Crippen molar-refractivity contribution >= 4 is 34.5 Å². The third-order valence-electron chi connectivity index (χ3n) is 4.07. The number of hydrogen-bond donors (Lipinski definition) is 1. The lowest BCUT2D eigenvalue weighted by Gasteiger charge is -2.18. The lowest BCUT2D eigenvalue weighted by molar-refractivity contribution is -0.143. The first-order valence-corrected chi connectivity index (χ1v) is 7.62. The van der Waals surface area contributed by atoms with E-state index in [-0.39, 0.29) is 5.78 Å². The Labute approximate surface area is 138 Å². The third kappa shape index (κ3) is 2.29. The quantitative estimate of drug-likeness (QED) is 0.527. The number of nitrogens with one attached hydrogen (secondary N) is 1. The molecule has 4 amide bonds. The van der Waals surface area contributed by atoms with Crippen LogP contribution in [0.2, 0.25) is 0 Å². The van der Waals surface area contributed by atoms with Crippen molar-refractivity contribution < 1.29 is 19.2 Å². The monoisotopic (exact) mass is 327 g/mol. The van der Waals surface area contributed by atoms with Crippen LogP contribution in [0.1, 0.15) is 29.9 Å². The van der Waals surface area contributed by atoms with Crippen molar-refractivity contribution in [2.75, 3.05) is 6.54 Å². The Bertz CT molecular complexity index is 881. The number of urea groups is 1. The number of hydrogen-bond acceptors (Lipinski definition) is 4. The van der Waals surface area contributed by atoms with Crippen molar-refractivity contribution in [3.8, 4) is 0 Å². The van der Waals surface area contributed by atoms with Crippen LogP contribution in [-0.4, -0.2) is 51.0 Å². The second-order valence-corrected chi connectivity index (χ2v) is 6.04.